The molecule has 0 aliphatic heterocycles. The summed E-state index contributed by atoms with van der Waals surface area (Å²) in [6.07, 6.45) is 1.99. The van der Waals surface area contributed by atoms with Gasteiger partial charge in [-0.25, -0.2) is 0 Å². The van der Waals surface area contributed by atoms with E-state index in [0.29, 0.717) is 6.04 Å². The topological polar surface area (TPSA) is 0 Å². The highest BCUT2D eigenvalue weighted by molar-refractivity contribution is 5.42. The maximum Gasteiger partial charge on any atom is 0.133 e. The van der Waals surface area contributed by atoms with E-state index in [1.807, 2.05) is 6.08 Å². The lowest BCUT2D eigenvalue weighted by Crippen LogP contribution is -3.00. The lowest BCUT2D eigenvalue weighted by molar-refractivity contribution is -0.00000307. The fourth-order valence-electron chi connectivity index (χ4n) is 1.65. The largest absolute Gasteiger partial charge is 1.00 e. The van der Waals surface area contributed by atoms with Gasteiger partial charge in [0.05, 0.1) is 13.1 Å². The van der Waals surface area contributed by atoms with E-state index in [4.69, 9.17) is 0 Å². The Morgan fingerprint density at radius 2 is 1.80 bits per heavy atom. The van der Waals surface area contributed by atoms with Crippen LogP contribution in [-0.4, -0.2) is 19.6 Å². The van der Waals surface area contributed by atoms with Crippen molar-refractivity contribution in [3.63, 3.8) is 0 Å². The Hall–Kier alpha value is -0.600. The molecule has 0 aliphatic rings. The van der Waals surface area contributed by atoms with Crippen molar-refractivity contribution < 1.29 is 17.0 Å². The van der Waals surface area contributed by atoms with E-state index in [1.54, 1.807) is 0 Å². The third-order valence-electron chi connectivity index (χ3n) is 2.99. The van der Waals surface area contributed by atoms with Crippen molar-refractivity contribution in [2.45, 2.75) is 19.9 Å². The summed E-state index contributed by atoms with van der Waals surface area (Å²) in [5, 5.41) is 0. The molecule has 1 aromatic rings. The van der Waals surface area contributed by atoms with E-state index in [1.165, 1.54) is 5.69 Å². The summed E-state index contributed by atoms with van der Waals surface area (Å²) in [6.45, 7) is 9.30. The molecule has 0 fully saturated rings. The van der Waals surface area contributed by atoms with Gasteiger partial charge < -0.3 is 17.0 Å². The van der Waals surface area contributed by atoms with Crippen molar-refractivity contribution in [2.24, 2.45) is 0 Å². The molecular formula is C13H20BrN. The number of hydrogen-bond donors (Lipinski definition) is 0. The molecule has 0 aliphatic carbocycles. The molecule has 2 heteroatoms. The van der Waals surface area contributed by atoms with Gasteiger partial charge in [-0.2, -0.15) is 0 Å². The minimum absolute atomic E-state index is 0. The van der Waals surface area contributed by atoms with E-state index in [2.05, 4.69) is 57.8 Å². The summed E-state index contributed by atoms with van der Waals surface area (Å²) in [7, 11) is 2.25. The van der Waals surface area contributed by atoms with Gasteiger partial charge in [0, 0.05) is 0 Å². The van der Waals surface area contributed by atoms with Crippen molar-refractivity contribution in [1.29, 1.82) is 0 Å². The van der Waals surface area contributed by atoms with Gasteiger partial charge >= 0.3 is 0 Å². The number of rotatable bonds is 4. The molecule has 1 rings (SSSR count). The second kappa shape index (κ2) is 6.09. The smallest absolute Gasteiger partial charge is 0.133 e. The van der Waals surface area contributed by atoms with Crippen LogP contribution in [0.1, 0.15) is 13.8 Å². The van der Waals surface area contributed by atoms with Crippen molar-refractivity contribution in [3.05, 3.63) is 43.0 Å². The van der Waals surface area contributed by atoms with Crippen molar-refractivity contribution in [1.82, 2.24) is 4.48 Å². The van der Waals surface area contributed by atoms with E-state index < -0.39 is 0 Å². The van der Waals surface area contributed by atoms with E-state index in [-0.39, 0.29) is 17.0 Å². The molecule has 0 radical (unpaired) electrons. The molecule has 1 aromatic carbocycles. The first-order valence-corrected chi connectivity index (χ1v) is 5.13. The molecule has 0 spiro atoms. The average molecular weight is 270 g/mol. The molecule has 0 unspecified atom stereocenters. The standard InChI is InChI=1S/C13H20N.BrH/c1-5-11-14(4,12(2)3)13-9-7-6-8-10-13;/h5-10,12H,1,11H2,2-4H3;1H/q+1;/p-1/t14-;/m0./s1. The Morgan fingerprint density at radius 3 is 2.20 bits per heavy atom. The number of para-hydroxylation sites is 1. The number of halogens is 1. The molecule has 0 heterocycles. The van der Waals surface area contributed by atoms with Gasteiger partial charge in [-0.3, -0.25) is 4.48 Å². The summed E-state index contributed by atoms with van der Waals surface area (Å²) < 4.78 is 0.921. The lowest BCUT2D eigenvalue weighted by Gasteiger charge is -2.37. The lowest BCUT2D eigenvalue weighted by atomic mass is 10.2. The van der Waals surface area contributed by atoms with Gasteiger partial charge in [0.15, 0.2) is 0 Å². The third kappa shape index (κ3) is 3.18. The van der Waals surface area contributed by atoms with Crippen LogP contribution in [0.25, 0.3) is 0 Å². The Balaban J connectivity index is 0.00000196. The van der Waals surface area contributed by atoms with Gasteiger partial charge in [0.25, 0.3) is 0 Å². The fraction of sp³-hybridized carbons (Fsp3) is 0.385. The molecular weight excluding hydrogens is 250 g/mol. The monoisotopic (exact) mass is 269 g/mol. The molecule has 1 atom stereocenters. The highest BCUT2D eigenvalue weighted by atomic mass is 79.9. The highest BCUT2D eigenvalue weighted by Gasteiger charge is 2.26. The van der Waals surface area contributed by atoms with Crippen molar-refractivity contribution in [3.8, 4) is 0 Å². The predicted octanol–water partition coefficient (Wildman–Crippen LogP) is 0.222. The second-order valence-electron chi connectivity index (χ2n) is 4.17. The zero-order valence-corrected chi connectivity index (χ0v) is 11.4. The molecule has 0 amide bonds. The van der Waals surface area contributed by atoms with E-state index in [9.17, 15) is 0 Å². The molecule has 0 bridgehead atoms. The number of nitrogens with zero attached hydrogens (tertiary/aromatic N) is 1. The molecule has 0 saturated heterocycles. The molecule has 0 saturated carbocycles. The van der Waals surface area contributed by atoms with Gasteiger partial charge in [-0.15, -0.1) is 0 Å². The highest BCUT2D eigenvalue weighted by Crippen LogP contribution is 2.23. The van der Waals surface area contributed by atoms with Crippen molar-refractivity contribution >= 4 is 5.69 Å². The zero-order chi connectivity index (χ0) is 10.6. The SMILES string of the molecule is C=CC[N@+](C)(c1ccccc1)C(C)C.[Br-]. The maximum atomic E-state index is 3.84. The number of hydrogen-bond acceptors (Lipinski definition) is 0. The van der Waals surface area contributed by atoms with Crippen LogP contribution >= 0.6 is 0 Å². The number of likely N-dealkylation sites (N-methyl/N-ethyl adjacent to an activating group) is 1. The quantitative estimate of drug-likeness (QED) is 0.542. The Morgan fingerprint density at radius 1 is 1.27 bits per heavy atom. The molecule has 0 N–H and O–H groups in total. The molecule has 0 aromatic heterocycles. The minimum atomic E-state index is 0. The number of quaternary nitrogens is 1. The van der Waals surface area contributed by atoms with Crippen LogP contribution in [0, 0.1) is 0 Å². The summed E-state index contributed by atoms with van der Waals surface area (Å²) in [4.78, 5) is 0. The van der Waals surface area contributed by atoms with E-state index in [0.717, 1.165) is 11.0 Å². The summed E-state index contributed by atoms with van der Waals surface area (Å²) >= 11 is 0. The number of benzene rings is 1. The van der Waals surface area contributed by atoms with Crippen molar-refractivity contribution in [2.75, 3.05) is 13.6 Å². The zero-order valence-electron chi connectivity index (χ0n) is 9.78. The van der Waals surface area contributed by atoms with Crippen LogP contribution in [0.4, 0.5) is 5.69 Å². The summed E-state index contributed by atoms with van der Waals surface area (Å²) in [5.74, 6) is 0. The Kier molecular flexibility index (Phi) is 5.84. The molecule has 15 heavy (non-hydrogen) atoms. The Bertz CT molecular complexity index is 295. The first kappa shape index (κ1) is 14.4. The van der Waals surface area contributed by atoms with Crippen LogP contribution in [-0.2, 0) is 0 Å². The van der Waals surface area contributed by atoms with Crippen LogP contribution < -0.4 is 21.5 Å². The second-order valence-corrected chi connectivity index (χ2v) is 4.17. The third-order valence-corrected chi connectivity index (χ3v) is 2.99. The van der Waals surface area contributed by atoms with Crippen LogP contribution in [0.5, 0.6) is 0 Å². The average Bonchev–Trinajstić information content (AvgIpc) is 2.19. The minimum Gasteiger partial charge on any atom is -1.00 e. The molecule has 1 nitrogen and oxygen atoms in total. The van der Waals surface area contributed by atoms with Crippen LogP contribution in [0.3, 0.4) is 0 Å². The van der Waals surface area contributed by atoms with Gasteiger partial charge in [0.2, 0.25) is 0 Å². The van der Waals surface area contributed by atoms with Crippen LogP contribution in [0.2, 0.25) is 0 Å². The van der Waals surface area contributed by atoms with Gasteiger partial charge in [-0.05, 0) is 32.1 Å². The summed E-state index contributed by atoms with van der Waals surface area (Å²) in [5.41, 5.74) is 1.35. The molecule has 84 valence electrons. The van der Waals surface area contributed by atoms with Gasteiger partial charge in [0.1, 0.15) is 12.2 Å². The first-order chi connectivity index (χ1) is 6.61. The van der Waals surface area contributed by atoms with E-state index >= 15 is 0 Å². The fourth-order valence-corrected chi connectivity index (χ4v) is 1.65. The predicted molar refractivity (Wildman–Crippen MR) is 64.4 cm³/mol. The normalized spacial score (nSPS) is 14.1. The van der Waals surface area contributed by atoms with Gasteiger partial charge in [-0.1, -0.05) is 24.8 Å². The van der Waals surface area contributed by atoms with Crippen LogP contribution in [0.15, 0.2) is 43.0 Å². The maximum absolute atomic E-state index is 3.84. The Labute approximate surface area is 104 Å². The first-order valence-electron chi connectivity index (χ1n) is 5.13. The summed E-state index contributed by atoms with van der Waals surface area (Å²) in [6, 6.07) is 11.2.